The molecule has 1 amide bonds. The highest BCUT2D eigenvalue weighted by atomic mass is 16.5. The van der Waals surface area contributed by atoms with E-state index in [0.29, 0.717) is 42.9 Å². The van der Waals surface area contributed by atoms with Crippen LogP contribution in [-0.2, 0) is 0 Å². The van der Waals surface area contributed by atoms with Gasteiger partial charge in [0.25, 0.3) is 5.91 Å². The molecule has 1 aliphatic rings. The van der Waals surface area contributed by atoms with Crippen molar-refractivity contribution in [1.82, 2.24) is 10.1 Å². The third-order valence-corrected chi connectivity index (χ3v) is 4.90. The first-order valence-corrected chi connectivity index (χ1v) is 8.78. The first kappa shape index (κ1) is 17.7. The number of amides is 1. The van der Waals surface area contributed by atoms with Crippen molar-refractivity contribution < 1.29 is 14.4 Å². The highest BCUT2D eigenvalue weighted by molar-refractivity contribution is 6.01. The molecule has 1 atom stereocenters. The number of aryl methyl sites for hydroxylation is 2. The molecule has 3 rings (SSSR count). The van der Waals surface area contributed by atoms with Crippen molar-refractivity contribution in [3.63, 3.8) is 0 Å². The fourth-order valence-electron chi connectivity index (χ4n) is 3.68. The van der Waals surface area contributed by atoms with Crippen LogP contribution in [0.5, 0.6) is 0 Å². The number of aliphatic hydroxyl groups excluding tert-OH is 1. The maximum atomic E-state index is 13.3. The van der Waals surface area contributed by atoms with E-state index in [0.717, 1.165) is 11.1 Å². The van der Waals surface area contributed by atoms with Crippen LogP contribution >= 0.6 is 0 Å². The first-order valence-electron chi connectivity index (χ1n) is 8.78. The van der Waals surface area contributed by atoms with Gasteiger partial charge in [0.1, 0.15) is 17.0 Å². The molecule has 2 aromatic rings. The molecule has 1 aromatic heterocycles. The maximum Gasteiger partial charge on any atom is 0.259 e. The third kappa shape index (κ3) is 3.61. The molecule has 0 saturated carbocycles. The van der Waals surface area contributed by atoms with Gasteiger partial charge in [0.2, 0.25) is 0 Å². The van der Waals surface area contributed by atoms with E-state index < -0.39 is 0 Å². The van der Waals surface area contributed by atoms with Crippen LogP contribution in [0.15, 0.2) is 28.8 Å². The third-order valence-electron chi connectivity index (χ3n) is 4.90. The lowest BCUT2D eigenvalue weighted by Crippen LogP contribution is -2.38. The highest BCUT2D eigenvalue weighted by Crippen LogP contribution is 2.32. The molecule has 1 aromatic carbocycles. The zero-order valence-corrected chi connectivity index (χ0v) is 15.4. The summed E-state index contributed by atoms with van der Waals surface area (Å²) in [7, 11) is 0. The molecule has 1 N–H and O–H groups in total. The largest absolute Gasteiger partial charge is 0.393 e. The number of likely N-dealkylation sites (tertiary alicyclic amines) is 1. The summed E-state index contributed by atoms with van der Waals surface area (Å²) in [5.74, 6) is 0.463. The van der Waals surface area contributed by atoms with Crippen LogP contribution in [0.25, 0.3) is 11.3 Å². The minimum absolute atomic E-state index is 0.0702. The molecule has 5 nitrogen and oxygen atoms in total. The number of hydrogen-bond acceptors (Lipinski definition) is 4. The average Bonchev–Trinajstić information content (AvgIpc) is 2.84. The van der Waals surface area contributed by atoms with Crippen molar-refractivity contribution in [2.75, 3.05) is 13.1 Å². The lowest BCUT2D eigenvalue weighted by atomic mass is 9.87. The van der Waals surface area contributed by atoms with E-state index >= 15 is 0 Å². The van der Waals surface area contributed by atoms with E-state index in [9.17, 15) is 9.90 Å². The molecule has 134 valence electrons. The van der Waals surface area contributed by atoms with Gasteiger partial charge < -0.3 is 14.5 Å². The Kier molecular flexibility index (Phi) is 4.69. The SMILES string of the molecule is Cc1ccccc1-c1noc(C)c1C(=O)N1CCC(O)CC(C)(C)C1. The van der Waals surface area contributed by atoms with Crippen LogP contribution in [0.1, 0.15) is 48.4 Å². The molecule has 0 spiro atoms. The molecule has 0 radical (unpaired) electrons. The normalized spacial score (nSPS) is 20.4. The summed E-state index contributed by atoms with van der Waals surface area (Å²) >= 11 is 0. The van der Waals surface area contributed by atoms with E-state index in [1.54, 1.807) is 6.92 Å². The summed E-state index contributed by atoms with van der Waals surface area (Å²) in [5.41, 5.74) is 2.97. The van der Waals surface area contributed by atoms with Crippen LogP contribution in [0.4, 0.5) is 0 Å². The van der Waals surface area contributed by atoms with Gasteiger partial charge in [-0.3, -0.25) is 4.79 Å². The van der Waals surface area contributed by atoms with Gasteiger partial charge in [0.15, 0.2) is 0 Å². The second-order valence-electron chi connectivity index (χ2n) is 7.81. The fraction of sp³-hybridized carbons (Fsp3) is 0.500. The van der Waals surface area contributed by atoms with Crippen LogP contribution < -0.4 is 0 Å². The van der Waals surface area contributed by atoms with E-state index in [-0.39, 0.29) is 17.4 Å². The predicted octanol–water partition coefficient (Wildman–Crippen LogP) is 3.58. The molecular formula is C20H26N2O3. The van der Waals surface area contributed by atoms with Gasteiger partial charge in [-0.25, -0.2) is 0 Å². The van der Waals surface area contributed by atoms with E-state index in [2.05, 4.69) is 19.0 Å². The number of aliphatic hydroxyl groups is 1. The number of rotatable bonds is 2. The van der Waals surface area contributed by atoms with Gasteiger partial charge in [-0.2, -0.15) is 0 Å². The fourth-order valence-corrected chi connectivity index (χ4v) is 3.68. The van der Waals surface area contributed by atoms with Crippen molar-refractivity contribution >= 4 is 5.91 Å². The van der Waals surface area contributed by atoms with Crippen LogP contribution in [0.3, 0.4) is 0 Å². The number of carbonyl (C=O) groups excluding carboxylic acids is 1. The van der Waals surface area contributed by atoms with E-state index in [1.807, 2.05) is 36.1 Å². The summed E-state index contributed by atoms with van der Waals surface area (Å²) in [4.78, 5) is 15.1. The predicted molar refractivity (Wildman–Crippen MR) is 96.3 cm³/mol. The Morgan fingerprint density at radius 2 is 2.04 bits per heavy atom. The van der Waals surface area contributed by atoms with Gasteiger partial charge in [-0.05, 0) is 37.7 Å². The Hall–Kier alpha value is -2.14. The standard InChI is InChI=1S/C20H26N2O3/c1-13-7-5-6-8-16(13)18-17(14(2)25-21-18)19(24)22-10-9-15(23)11-20(3,4)12-22/h5-8,15,23H,9-12H2,1-4H3. The summed E-state index contributed by atoms with van der Waals surface area (Å²) in [6.45, 7) is 9.11. The van der Waals surface area contributed by atoms with Crippen molar-refractivity contribution in [2.45, 2.75) is 46.6 Å². The first-order chi connectivity index (χ1) is 11.8. The van der Waals surface area contributed by atoms with Gasteiger partial charge in [-0.15, -0.1) is 0 Å². The number of aromatic nitrogens is 1. The van der Waals surface area contributed by atoms with Crippen LogP contribution in [0, 0.1) is 19.3 Å². The van der Waals surface area contributed by atoms with Crippen molar-refractivity contribution in [3.05, 3.63) is 41.2 Å². The number of hydrogen-bond donors (Lipinski definition) is 1. The van der Waals surface area contributed by atoms with Crippen LogP contribution in [0.2, 0.25) is 0 Å². The lowest BCUT2D eigenvalue weighted by Gasteiger charge is -2.29. The summed E-state index contributed by atoms with van der Waals surface area (Å²) < 4.78 is 5.37. The Balaban J connectivity index is 1.98. The number of nitrogens with zero attached hydrogens (tertiary/aromatic N) is 2. The molecule has 1 aliphatic heterocycles. The smallest absolute Gasteiger partial charge is 0.259 e. The number of benzene rings is 1. The Morgan fingerprint density at radius 1 is 1.32 bits per heavy atom. The summed E-state index contributed by atoms with van der Waals surface area (Å²) in [6.07, 6.45) is 0.927. The van der Waals surface area contributed by atoms with Gasteiger partial charge in [0, 0.05) is 18.7 Å². The van der Waals surface area contributed by atoms with Gasteiger partial charge >= 0.3 is 0 Å². The molecule has 0 bridgehead atoms. The second kappa shape index (κ2) is 6.64. The Bertz CT molecular complexity index is 779. The van der Waals surface area contributed by atoms with Crippen molar-refractivity contribution in [1.29, 1.82) is 0 Å². The van der Waals surface area contributed by atoms with Crippen molar-refractivity contribution in [2.24, 2.45) is 5.41 Å². The molecule has 1 saturated heterocycles. The quantitative estimate of drug-likeness (QED) is 0.906. The Morgan fingerprint density at radius 3 is 2.76 bits per heavy atom. The summed E-state index contributed by atoms with van der Waals surface area (Å²) in [5, 5.41) is 14.3. The highest BCUT2D eigenvalue weighted by Gasteiger charge is 2.34. The maximum absolute atomic E-state index is 13.3. The van der Waals surface area contributed by atoms with Crippen molar-refractivity contribution in [3.8, 4) is 11.3 Å². The van der Waals surface area contributed by atoms with Gasteiger partial charge in [0.05, 0.1) is 6.10 Å². The zero-order chi connectivity index (χ0) is 18.2. The minimum atomic E-state index is -0.368. The molecule has 25 heavy (non-hydrogen) atoms. The average molecular weight is 342 g/mol. The zero-order valence-electron chi connectivity index (χ0n) is 15.4. The van der Waals surface area contributed by atoms with Gasteiger partial charge in [-0.1, -0.05) is 43.3 Å². The minimum Gasteiger partial charge on any atom is -0.393 e. The molecule has 0 aliphatic carbocycles. The monoisotopic (exact) mass is 342 g/mol. The topological polar surface area (TPSA) is 66.6 Å². The summed E-state index contributed by atoms with van der Waals surface area (Å²) in [6, 6.07) is 7.86. The molecule has 1 unspecified atom stereocenters. The number of carbonyl (C=O) groups is 1. The molecule has 2 heterocycles. The van der Waals surface area contributed by atoms with E-state index in [4.69, 9.17) is 4.52 Å². The van der Waals surface area contributed by atoms with E-state index in [1.165, 1.54) is 0 Å². The second-order valence-corrected chi connectivity index (χ2v) is 7.81. The van der Waals surface area contributed by atoms with Crippen LogP contribution in [-0.4, -0.2) is 40.3 Å². The molecule has 5 heteroatoms. The lowest BCUT2D eigenvalue weighted by molar-refractivity contribution is 0.0703. The Labute approximate surface area is 148 Å². The molecule has 1 fully saturated rings. The molecular weight excluding hydrogens is 316 g/mol.